The standard InChI is InChI=1S/C23H34O4/c1-14(24)26-17-9-11-22(3)16(13-17)5-6-18-19-7-8-21(27-15(2)25)23(19,4)12-10-20(18)22/h8,16-20H,5-7,9-13H2,1-4H3/t16-,17-,18-,19-,20-,22-,23-/m0/s1. The highest BCUT2D eigenvalue weighted by molar-refractivity contribution is 5.67. The van der Waals surface area contributed by atoms with Gasteiger partial charge in [-0.1, -0.05) is 13.8 Å². The molecule has 4 nitrogen and oxygen atoms in total. The minimum Gasteiger partial charge on any atom is -0.463 e. The van der Waals surface area contributed by atoms with Crippen LogP contribution in [0, 0.1) is 34.5 Å². The maximum atomic E-state index is 11.5. The van der Waals surface area contributed by atoms with Gasteiger partial charge in [0.25, 0.3) is 0 Å². The van der Waals surface area contributed by atoms with Crippen molar-refractivity contribution < 1.29 is 19.1 Å². The molecule has 0 heterocycles. The van der Waals surface area contributed by atoms with Crippen molar-refractivity contribution in [1.29, 1.82) is 0 Å². The zero-order valence-corrected chi connectivity index (χ0v) is 17.3. The first kappa shape index (κ1) is 19.0. The Balaban J connectivity index is 1.51. The number of fused-ring (bicyclic) bond motifs is 5. The van der Waals surface area contributed by atoms with E-state index in [9.17, 15) is 9.59 Å². The van der Waals surface area contributed by atoms with E-state index in [-0.39, 0.29) is 23.5 Å². The third-order valence-corrected chi connectivity index (χ3v) is 8.71. The Hall–Kier alpha value is -1.32. The van der Waals surface area contributed by atoms with Crippen LogP contribution >= 0.6 is 0 Å². The molecule has 0 aliphatic heterocycles. The largest absolute Gasteiger partial charge is 0.463 e. The number of hydrogen-bond acceptors (Lipinski definition) is 4. The second-order valence-electron chi connectivity index (χ2n) is 10.0. The summed E-state index contributed by atoms with van der Waals surface area (Å²) < 4.78 is 11.2. The Morgan fingerprint density at radius 2 is 1.78 bits per heavy atom. The van der Waals surface area contributed by atoms with Gasteiger partial charge in [0, 0.05) is 19.3 Å². The molecule has 0 radical (unpaired) electrons. The molecule has 4 rings (SSSR count). The molecule has 4 aliphatic carbocycles. The van der Waals surface area contributed by atoms with Gasteiger partial charge in [-0.2, -0.15) is 0 Å². The minimum absolute atomic E-state index is 0.0327. The molecule has 7 atom stereocenters. The molecular weight excluding hydrogens is 340 g/mol. The number of allylic oxidation sites excluding steroid dienone is 2. The summed E-state index contributed by atoms with van der Waals surface area (Å²) in [5, 5.41) is 0. The predicted molar refractivity (Wildman–Crippen MR) is 103 cm³/mol. The molecule has 27 heavy (non-hydrogen) atoms. The van der Waals surface area contributed by atoms with E-state index in [1.165, 1.54) is 39.5 Å². The Labute approximate surface area is 163 Å². The molecule has 3 saturated carbocycles. The molecule has 0 unspecified atom stereocenters. The van der Waals surface area contributed by atoms with Crippen LogP contribution in [0.2, 0.25) is 0 Å². The Morgan fingerprint density at radius 3 is 2.48 bits per heavy atom. The van der Waals surface area contributed by atoms with Gasteiger partial charge in [-0.3, -0.25) is 9.59 Å². The third-order valence-electron chi connectivity index (χ3n) is 8.71. The summed E-state index contributed by atoms with van der Waals surface area (Å²) in [5.41, 5.74) is 0.399. The van der Waals surface area contributed by atoms with Crippen molar-refractivity contribution in [3.05, 3.63) is 11.8 Å². The van der Waals surface area contributed by atoms with E-state index in [0.29, 0.717) is 17.3 Å². The van der Waals surface area contributed by atoms with Gasteiger partial charge in [-0.05, 0) is 86.5 Å². The van der Waals surface area contributed by atoms with E-state index in [4.69, 9.17) is 9.47 Å². The molecule has 0 aromatic rings. The summed E-state index contributed by atoms with van der Waals surface area (Å²) in [5.74, 6) is 3.35. The number of carbonyl (C=O) groups is 2. The highest BCUT2D eigenvalue weighted by Crippen LogP contribution is 2.66. The van der Waals surface area contributed by atoms with Crippen molar-refractivity contribution in [3.8, 4) is 0 Å². The highest BCUT2D eigenvalue weighted by Gasteiger charge is 2.59. The van der Waals surface area contributed by atoms with Gasteiger partial charge >= 0.3 is 11.9 Å². The summed E-state index contributed by atoms with van der Waals surface area (Å²) in [6.07, 6.45) is 11.4. The molecule has 4 aliphatic rings. The van der Waals surface area contributed by atoms with Crippen LogP contribution in [-0.4, -0.2) is 18.0 Å². The van der Waals surface area contributed by atoms with Crippen LogP contribution in [0.15, 0.2) is 11.8 Å². The Morgan fingerprint density at radius 1 is 1.00 bits per heavy atom. The maximum absolute atomic E-state index is 11.5. The monoisotopic (exact) mass is 374 g/mol. The smallest absolute Gasteiger partial charge is 0.307 e. The predicted octanol–water partition coefficient (Wildman–Crippen LogP) is 5.02. The molecule has 0 bridgehead atoms. The molecule has 4 heteroatoms. The number of esters is 2. The maximum Gasteiger partial charge on any atom is 0.307 e. The topological polar surface area (TPSA) is 52.6 Å². The fourth-order valence-corrected chi connectivity index (χ4v) is 7.40. The number of ether oxygens (including phenoxy) is 2. The van der Waals surface area contributed by atoms with Crippen molar-refractivity contribution in [3.63, 3.8) is 0 Å². The normalized spacial score (nSPS) is 45.8. The number of hydrogen-bond donors (Lipinski definition) is 0. The Kier molecular flexibility index (Phi) is 4.67. The van der Waals surface area contributed by atoms with E-state index >= 15 is 0 Å². The average Bonchev–Trinajstić information content (AvgIpc) is 2.91. The van der Waals surface area contributed by atoms with Crippen LogP contribution in [-0.2, 0) is 19.1 Å². The number of carbonyl (C=O) groups excluding carboxylic acids is 2. The second-order valence-corrected chi connectivity index (χ2v) is 10.0. The molecule has 0 N–H and O–H groups in total. The molecule has 0 aromatic carbocycles. The van der Waals surface area contributed by atoms with Gasteiger partial charge in [0.2, 0.25) is 0 Å². The third kappa shape index (κ3) is 3.03. The van der Waals surface area contributed by atoms with Gasteiger partial charge in [0.15, 0.2) is 0 Å². The van der Waals surface area contributed by atoms with Gasteiger partial charge in [-0.25, -0.2) is 0 Å². The van der Waals surface area contributed by atoms with E-state index in [0.717, 1.165) is 43.3 Å². The van der Waals surface area contributed by atoms with Crippen LogP contribution < -0.4 is 0 Å². The average molecular weight is 375 g/mol. The van der Waals surface area contributed by atoms with E-state index < -0.39 is 0 Å². The lowest BCUT2D eigenvalue weighted by atomic mass is 9.45. The SMILES string of the molecule is CC(=O)OC1=CC[C@H]2[C@@H]3CC[C@H]4C[C@@H](OC(C)=O)CC[C@]4(C)[C@H]3CC[C@]12C. The fourth-order valence-electron chi connectivity index (χ4n) is 7.40. The molecule has 0 saturated heterocycles. The summed E-state index contributed by atoms with van der Waals surface area (Å²) in [6, 6.07) is 0. The van der Waals surface area contributed by atoms with Crippen LogP contribution in [0.1, 0.15) is 79.1 Å². The van der Waals surface area contributed by atoms with E-state index in [1.807, 2.05) is 0 Å². The molecule has 150 valence electrons. The van der Waals surface area contributed by atoms with Crippen molar-refractivity contribution in [2.45, 2.75) is 85.2 Å². The quantitative estimate of drug-likeness (QED) is 0.637. The first-order valence-electron chi connectivity index (χ1n) is 10.8. The molecule has 3 fully saturated rings. The second kappa shape index (κ2) is 6.63. The van der Waals surface area contributed by atoms with Crippen LogP contribution in [0.3, 0.4) is 0 Å². The summed E-state index contributed by atoms with van der Waals surface area (Å²) in [7, 11) is 0. The summed E-state index contributed by atoms with van der Waals surface area (Å²) in [6.45, 7) is 7.87. The summed E-state index contributed by atoms with van der Waals surface area (Å²) in [4.78, 5) is 22.9. The van der Waals surface area contributed by atoms with Crippen LogP contribution in [0.25, 0.3) is 0 Å². The molecule has 0 spiro atoms. The van der Waals surface area contributed by atoms with Crippen LogP contribution in [0.5, 0.6) is 0 Å². The first-order chi connectivity index (χ1) is 12.7. The van der Waals surface area contributed by atoms with Gasteiger partial charge in [-0.15, -0.1) is 0 Å². The minimum atomic E-state index is -0.190. The zero-order valence-electron chi connectivity index (χ0n) is 17.3. The van der Waals surface area contributed by atoms with Crippen molar-refractivity contribution >= 4 is 11.9 Å². The highest BCUT2D eigenvalue weighted by atomic mass is 16.5. The lowest BCUT2D eigenvalue weighted by Gasteiger charge is -2.60. The van der Waals surface area contributed by atoms with Gasteiger partial charge in [0.05, 0.1) is 0 Å². The lowest BCUT2D eigenvalue weighted by Crippen LogP contribution is -2.54. The lowest BCUT2D eigenvalue weighted by molar-refractivity contribution is -0.159. The molecule has 0 aromatic heterocycles. The first-order valence-corrected chi connectivity index (χ1v) is 10.8. The van der Waals surface area contributed by atoms with Gasteiger partial charge in [0.1, 0.15) is 11.9 Å². The van der Waals surface area contributed by atoms with Crippen molar-refractivity contribution in [2.75, 3.05) is 0 Å². The molecular formula is C23H34O4. The van der Waals surface area contributed by atoms with Crippen molar-refractivity contribution in [1.82, 2.24) is 0 Å². The summed E-state index contributed by atoms with van der Waals surface area (Å²) >= 11 is 0. The zero-order chi connectivity index (χ0) is 19.4. The van der Waals surface area contributed by atoms with E-state index in [2.05, 4.69) is 19.9 Å². The Bertz CT molecular complexity index is 667. The van der Waals surface area contributed by atoms with Crippen LogP contribution in [0.4, 0.5) is 0 Å². The molecule has 0 amide bonds. The number of rotatable bonds is 2. The van der Waals surface area contributed by atoms with Crippen molar-refractivity contribution in [2.24, 2.45) is 34.5 Å². The van der Waals surface area contributed by atoms with E-state index in [1.54, 1.807) is 0 Å². The van der Waals surface area contributed by atoms with Gasteiger partial charge < -0.3 is 9.47 Å². The fraction of sp³-hybridized carbons (Fsp3) is 0.826.